The van der Waals surface area contributed by atoms with E-state index in [1.165, 1.54) is 12.0 Å². The van der Waals surface area contributed by atoms with Crippen LogP contribution in [0, 0.1) is 36.2 Å². The highest BCUT2D eigenvalue weighted by molar-refractivity contribution is 6.06. The van der Waals surface area contributed by atoms with E-state index in [0.29, 0.717) is 22.4 Å². The number of halogens is 1. The molecule has 0 amide bonds. The average molecular weight is 406 g/mol. The monoisotopic (exact) mass is 406 g/mol. The molecular formula is C27H21FN3. The second-order valence-electron chi connectivity index (χ2n) is 8.08. The van der Waals surface area contributed by atoms with E-state index in [0.717, 1.165) is 40.7 Å². The number of hydrogen-bond acceptors (Lipinski definition) is 2. The molecule has 1 fully saturated rings. The van der Waals surface area contributed by atoms with Gasteiger partial charge < -0.3 is 0 Å². The third-order valence-electron chi connectivity index (χ3n) is 6.22. The Balaban J connectivity index is 1.89. The number of aromatic nitrogens is 2. The summed E-state index contributed by atoms with van der Waals surface area (Å²) < 4.78 is 14.8. The van der Waals surface area contributed by atoms with Gasteiger partial charge in [0.05, 0.1) is 22.5 Å². The van der Waals surface area contributed by atoms with Crippen LogP contribution < -0.4 is 0 Å². The van der Waals surface area contributed by atoms with Gasteiger partial charge >= 0.3 is 0 Å². The van der Waals surface area contributed by atoms with Gasteiger partial charge in [0.1, 0.15) is 0 Å². The largest absolute Gasteiger partial charge is 0.275 e. The van der Waals surface area contributed by atoms with Crippen LogP contribution in [-0.4, -0.2) is 10.2 Å². The normalized spacial score (nSPS) is 14.7. The fourth-order valence-electron chi connectivity index (χ4n) is 4.52. The summed E-state index contributed by atoms with van der Waals surface area (Å²) in [5.74, 6) is -0.121. The topological polar surface area (TPSA) is 52.5 Å². The van der Waals surface area contributed by atoms with Crippen LogP contribution in [0.2, 0.25) is 0 Å². The summed E-state index contributed by atoms with van der Waals surface area (Å²) in [6.45, 7) is 2.04. The predicted molar refractivity (Wildman–Crippen MR) is 120 cm³/mol. The highest BCUT2D eigenvalue weighted by Gasteiger charge is 2.29. The first-order chi connectivity index (χ1) is 15.2. The maximum Gasteiger partial charge on any atom is 0.240 e. The fourth-order valence-corrected chi connectivity index (χ4v) is 4.52. The SMILES string of the molecule is Cc1cc(C#N)ccc1/C(=C(\c1[c]cccc1)c1cccc2[nH]nc(F)c12)C1CCC1. The van der Waals surface area contributed by atoms with E-state index >= 15 is 0 Å². The third-order valence-corrected chi connectivity index (χ3v) is 6.22. The Kier molecular flexibility index (Phi) is 4.88. The lowest BCUT2D eigenvalue weighted by molar-refractivity contribution is 0.401. The third kappa shape index (κ3) is 3.33. The summed E-state index contributed by atoms with van der Waals surface area (Å²) in [6.07, 6.45) is 3.36. The lowest BCUT2D eigenvalue weighted by Gasteiger charge is -2.32. The molecule has 1 aliphatic carbocycles. The van der Waals surface area contributed by atoms with E-state index < -0.39 is 5.95 Å². The van der Waals surface area contributed by atoms with E-state index in [4.69, 9.17) is 0 Å². The highest BCUT2D eigenvalue weighted by Crippen LogP contribution is 2.46. The van der Waals surface area contributed by atoms with Crippen molar-refractivity contribution in [3.05, 3.63) is 100 Å². The highest BCUT2D eigenvalue weighted by atomic mass is 19.1. The molecule has 1 N–H and O–H groups in total. The van der Waals surface area contributed by atoms with Gasteiger partial charge in [0.25, 0.3) is 0 Å². The first kappa shape index (κ1) is 19.3. The minimum atomic E-state index is -0.497. The van der Waals surface area contributed by atoms with Crippen LogP contribution in [0.1, 0.15) is 47.1 Å². The maximum atomic E-state index is 14.8. The summed E-state index contributed by atoms with van der Waals surface area (Å²) >= 11 is 0. The lowest BCUT2D eigenvalue weighted by atomic mass is 9.72. The maximum absolute atomic E-state index is 14.8. The first-order valence-corrected chi connectivity index (χ1v) is 10.5. The molecule has 0 unspecified atom stereocenters. The minimum Gasteiger partial charge on any atom is -0.275 e. The zero-order chi connectivity index (χ0) is 21.4. The summed E-state index contributed by atoms with van der Waals surface area (Å²) in [7, 11) is 0. The van der Waals surface area contributed by atoms with Gasteiger partial charge in [-0.05, 0) is 83.3 Å². The molecule has 1 radical (unpaired) electrons. The van der Waals surface area contributed by atoms with Crippen LogP contribution in [0.15, 0.2) is 60.7 Å². The Morgan fingerprint density at radius 1 is 1.13 bits per heavy atom. The van der Waals surface area contributed by atoms with E-state index in [9.17, 15) is 9.65 Å². The molecule has 31 heavy (non-hydrogen) atoms. The zero-order valence-corrected chi connectivity index (χ0v) is 17.2. The summed E-state index contributed by atoms with van der Waals surface area (Å²) in [5.41, 5.74) is 7.41. The minimum absolute atomic E-state index is 0.375. The summed E-state index contributed by atoms with van der Waals surface area (Å²) in [6, 6.07) is 25.0. The van der Waals surface area contributed by atoms with Crippen molar-refractivity contribution in [2.24, 2.45) is 5.92 Å². The van der Waals surface area contributed by atoms with Crippen LogP contribution in [0.25, 0.3) is 22.0 Å². The Bertz CT molecular complexity index is 1340. The molecule has 3 aromatic carbocycles. The van der Waals surface area contributed by atoms with Crippen molar-refractivity contribution in [3.8, 4) is 6.07 Å². The molecule has 0 atom stereocenters. The smallest absolute Gasteiger partial charge is 0.240 e. The zero-order valence-electron chi connectivity index (χ0n) is 17.2. The first-order valence-electron chi connectivity index (χ1n) is 10.5. The van der Waals surface area contributed by atoms with Crippen molar-refractivity contribution in [1.82, 2.24) is 10.2 Å². The Morgan fingerprint density at radius 3 is 2.68 bits per heavy atom. The number of rotatable bonds is 4. The number of aryl methyl sites for hydroxylation is 1. The van der Waals surface area contributed by atoms with Crippen molar-refractivity contribution >= 4 is 22.0 Å². The molecule has 1 aliphatic rings. The van der Waals surface area contributed by atoms with Crippen molar-refractivity contribution in [2.75, 3.05) is 0 Å². The van der Waals surface area contributed by atoms with E-state index in [1.807, 2.05) is 67.6 Å². The van der Waals surface area contributed by atoms with Crippen LogP contribution in [0.4, 0.5) is 4.39 Å². The number of H-pyrrole nitrogens is 1. The molecule has 4 aromatic rings. The molecule has 0 bridgehead atoms. The van der Waals surface area contributed by atoms with Crippen LogP contribution >= 0.6 is 0 Å². The van der Waals surface area contributed by atoms with E-state index in [1.54, 1.807) is 0 Å². The fraction of sp³-hybridized carbons (Fsp3) is 0.185. The number of benzene rings is 3. The molecule has 0 aliphatic heterocycles. The molecule has 1 heterocycles. The second kappa shape index (κ2) is 7.85. The van der Waals surface area contributed by atoms with Crippen LogP contribution in [-0.2, 0) is 0 Å². The molecular weight excluding hydrogens is 385 g/mol. The quantitative estimate of drug-likeness (QED) is 0.396. The molecule has 0 spiro atoms. The van der Waals surface area contributed by atoms with Gasteiger partial charge in [-0.15, -0.1) is 5.10 Å². The van der Waals surface area contributed by atoms with Crippen LogP contribution in [0.3, 0.4) is 0 Å². The van der Waals surface area contributed by atoms with Gasteiger partial charge in [0, 0.05) is 0 Å². The molecule has 3 nitrogen and oxygen atoms in total. The molecule has 1 aromatic heterocycles. The number of nitrogens with one attached hydrogen (secondary N) is 1. The number of nitriles is 1. The second-order valence-corrected chi connectivity index (χ2v) is 8.08. The Labute approximate surface area is 180 Å². The number of hydrogen-bond donors (Lipinski definition) is 1. The van der Waals surface area contributed by atoms with Crippen molar-refractivity contribution in [1.29, 1.82) is 5.26 Å². The van der Waals surface area contributed by atoms with Crippen molar-refractivity contribution in [2.45, 2.75) is 26.2 Å². The van der Waals surface area contributed by atoms with E-state index in [2.05, 4.69) is 22.3 Å². The number of aromatic amines is 1. The van der Waals surface area contributed by atoms with Crippen molar-refractivity contribution in [3.63, 3.8) is 0 Å². The number of nitrogens with zero attached hydrogens (tertiary/aromatic N) is 2. The summed E-state index contributed by atoms with van der Waals surface area (Å²) in [5, 5.41) is 16.5. The Hall–Kier alpha value is -3.71. The number of fused-ring (bicyclic) bond motifs is 1. The van der Waals surface area contributed by atoms with Gasteiger partial charge in [-0.3, -0.25) is 5.10 Å². The average Bonchev–Trinajstić information content (AvgIpc) is 3.14. The summed E-state index contributed by atoms with van der Waals surface area (Å²) in [4.78, 5) is 0. The standard InChI is InChI=1S/C27H21FN3/c1-17-15-18(16-29)13-14-21(17)24(20-9-5-10-20)25(19-7-3-2-4-8-19)22-11-6-12-23-26(22)27(28)31-30-23/h2-4,6-7,11-15,20H,5,9-10H2,1H3,(H,30,31)/b25-24+. The predicted octanol–water partition coefficient (Wildman–Crippen LogP) is 6.44. The molecule has 5 rings (SSSR count). The van der Waals surface area contributed by atoms with E-state index in [-0.39, 0.29) is 0 Å². The van der Waals surface area contributed by atoms with Gasteiger partial charge in [-0.1, -0.05) is 48.9 Å². The van der Waals surface area contributed by atoms with Gasteiger partial charge in [0.15, 0.2) is 0 Å². The molecule has 0 saturated heterocycles. The van der Waals surface area contributed by atoms with Gasteiger partial charge in [-0.2, -0.15) is 9.65 Å². The molecule has 1 saturated carbocycles. The van der Waals surface area contributed by atoms with Gasteiger partial charge in [0.2, 0.25) is 5.95 Å². The molecule has 4 heteroatoms. The lowest BCUT2D eigenvalue weighted by Crippen LogP contribution is -2.16. The number of allylic oxidation sites excluding steroid dienone is 1. The Morgan fingerprint density at radius 2 is 2.00 bits per heavy atom. The van der Waals surface area contributed by atoms with Gasteiger partial charge in [-0.25, -0.2) is 0 Å². The van der Waals surface area contributed by atoms with Crippen molar-refractivity contribution < 1.29 is 4.39 Å². The van der Waals surface area contributed by atoms with Crippen LogP contribution in [0.5, 0.6) is 0 Å². The molecule has 151 valence electrons.